The van der Waals surface area contributed by atoms with Crippen LogP contribution in [0.15, 0.2) is 24.3 Å². The summed E-state index contributed by atoms with van der Waals surface area (Å²) in [7, 11) is 1.63. The lowest BCUT2D eigenvalue weighted by Gasteiger charge is -2.43. The first-order valence-corrected chi connectivity index (χ1v) is 9.34. The Bertz CT molecular complexity index is 787. The molecule has 0 spiro atoms. The largest absolute Gasteiger partial charge is 0.497 e. The van der Waals surface area contributed by atoms with Gasteiger partial charge in [-0.15, -0.1) is 11.3 Å². The van der Waals surface area contributed by atoms with Gasteiger partial charge in [0.1, 0.15) is 10.8 Å². The van der Waals surface area contributed by atoms with Gasteiger partial charge in [0.15, 0.2) is 0 Å². The van der Waals surface area contributed by atoms with Crippen molar-refractivity contribution in [2.45, 2.75) is 46.7 Å². The molecule has 0 unspecified atom stereocenters. The fraction of sp³-hybridized carbons (Fsp3) is 0.450. The third kappa shape index (κ3) is 3.31. The van der Waals surface area contributed by atoms with Crippen LogP contribution < -0.4 is 9.64 Å². The molecule has 0 radical (unpaired) electrons. The van der Waals surface area contributed by atoms with E-state index in [1.54, 1.807) is 18.4 Å². The molecule has 1 aromatic carbocycles. The van der Waals surface area contributed by atoms with Gasteiger partial charge in [-0.2, -0.15) is 0 Å². The lowest BCUT2D eigenvalue weighted by molar-refractivity contribution is 0.0878. The highest BCUT2D eigenvalue weighted by molar-refractivity contribution is 7.16. The van der Waals surface area contributed by atoms with E-state index in [9.17, 15) is 4.79 Å². The van der Waals surface area contributed by atoms with E-state index in [2.05, 4.69) is 39.5 Å². The smallest absolute Gasteiger partial charge is 0.260 e. The number of rotatable bonds is 2. The van der Waals surface area contributed by atoms with Gasteiger partial charge in [-0.25, -0.2) is 0 Å². The minimum absolute atomic E-state index is 0.00158. The minimum Gasteiger partial charge on any atom is -0.497 e. The van der Waals surface area contributed by atoms with Crippen molar-refractivity contribution in [2.24, 2.45) is 0 Å². The van der Waals surface area contributed by atoms with E-state index in [0.29, 0.717) is 12.2 Å². The number of anilines is 1. The molecule has 4 nitrogen and oxygen atoms in total. The number of nitrogens with zero attached hydrogens (tertiary/aromatic N) is 2. The Morgan fingerprint density at radius 1 is 1.16 bits per heavy atom. The van der Waals surface area contributed by atoms with E-state index in [1.165, 1.54) is 16.0 Å². The van der Waals surface area contributed by atoms with Crippen LogP contribution in [0, 0.1) is 13.8 Å². The van der Waals surface area contributed by atoms with Crippen LogP contribution in [0.25, 0.3) is 0 Å². The molecule has 2 aromatic rings. The number of carbonyl (C=O) groups is 1. The van der Waals surface area contributed by atoms with Gasteiger partial charge >= 0.3 is 0 Å². The van der Waals surface area contributed by atoms with Crippen molar-refractivity contribution in [3.63, 3.8) is 0 Å². The Morgan fingerprint density at radius 2 is 1.80 bits per heavy atom. The first-order chi connectivity index (χ1) is 11.7. The normalized spacial score (nSPS) is 15.2. The third-order valence-corrected chi connectivity index (χ3v) is 6.20. The molecule has 0 saturated heterocycles. The van der Waals surface area contributed by atoms with Gasteiger partial charge in [0.2, 0.25) is 0 Å². The lowest BCUT2D eigenvalue weighted by atomic mass is 10.0. The highest BCUT2D eigenvalue weighted by Gasteiger charge is 2.35. The van der Waals surface area contributed by atoms with Crippen LogP contribution in [0.4, 0.5) is 5.00 Å². The molecule has 1 aliphatic rings. The van der Waals surface area contributed by atoms with Crippen molar-refractivity contribution in [1.29, 1.82) is 0 Å². The molecule has 1 aliphatic heterocycles. The van der Waals surface area contributed by atoms with E-state index in [1.807, 2.05) is 29.2 Å². The average molecular weight is 359 g/mol. The Kier molecular flexibility index (Phi) is 4.64. The monoisotopic (exact) mass is 358 g/mol. The van der Waals surface area contributed by atoms with Crippen molar-refractivity contribution >= 4 is 22.2 Å². The molecule has 25 heavy (non-hydrogen) atoms. The van der Waals surface area contributed by atoms with Crippen LogP contribution in [0.1, 0.15) is 47.1 Å². The number of ether oxygens (including phenoxy) is 1. The number of fused-ring (bicyclic) bond motifs is 1. The molecule has 134 valence electrons. The summed E-state index contributed by atoms with van der Waals surface area (Å²) < 4.78 is 5.20. The standard InChI is InChI=1S/C20H26N2O2S/c1-13-14(2)25-19-17(13)11-21(20(3,4)5)12-22(19)18(23)15-7-9-16(24-6)10-8-15/h7-10H,11-12H2,1-6H3. The molecule has 2 heterocycles. The molecule has 0 N–H and O–H groups in total. The molecule has 3 rings (SSSR count). The number of aryl methyl sites for hydroxylation is 1. The summed E-state index contributed by atoms with van der Waals surface area (Å²) in [6.45, 7) is 12.4. The number of hydrogen-bond donors (Lipinski definition) is 0. The van der Waals surface area contributed by atoms with Gasteiger partial charge in [0.05, 0.1) is 13.8 Å². The maximum atomic E-state index is 13.2. The highest BCUT2D eigenvalue weighted by Crippen LogP contribution is 2.41. The topological polar surface area (TPSA) is 32.8 Å². The maximum absolute atomic E-state index is 13.2. The maximum Gasteiger partial charge on any atom is 0.260 e. The van der Waals surface area contributed by atoms with Crippen LogP contribution in [-0.2, 0) is 6.54 Å². The zero-order chi connectivity index (χ0) is 18.4. The summed E-state index contributed by atoms with van der Waals surface area (Å²) >= 11 is 1.72. The summed E-state index contributed by atoms with van der Waals surface area (Å²) in [5.41, 5.74) is 3.27. The Hall–Kier alpha value is -1.85. The van der Waals surface area contributed by atoms with E-state index in [-0.39, 0.29) is 11.4 Å². The summed E-state index contributed by atoms with van der Waals surface area (Å²) in [4.78, 5) is 18.8. The fourth-order valence-electron chi connectivity index (χ4n) is 3.03. The van der Waals surface area contributed by atoms with Crippen LogP contribution in [0.5, 0.6) is 5.75 Å². The zero-order valence-electron chi connectivity index (χ0n) is 15.8. The molecule has 1 amide bonds. The van der Waals surface area contributed by atoms with Gasteiger partial charge in [-0.05, 0) is 64.4 Å². The van der Waals surface area contributed by atoms with Crippen LogP contribution in [-0.4, -0.2) is 30.1 Å². The van der Waals surface area contributed by atoms with Crippen LogP contribution in [0.3, 0.4) is 0 Å². The fourth-order valence-corrected chi connectivity index (χ4v) is 4.19. The summed E-state index contributed by atoms with van der Waals surface area (Å²) in [5, 5.41) is 1.09. The van der Waals surface area contributed by atoms with E-state index < -0.39 is 0 Å². The minimum atomic E-state index is -0.00158. The van der Waals surface area contributed by atoms with Gasteiger partial charge in [0, 0.05) is 28.1 Å². The van der Waals surface area contributed by atoms with Gasteiger partial charge < -0.3 is 4.74 Å². The van der Waals surface area contributed by atoms with E-state index in [0.717, 1.165) is 17.3 Å². The second-order valence-electron chi connectivity index (χ2n) is 7.54. The average Bonchev–Trinajstić information content (AvgIpc) is 2.87. The number of hydrogen-bond acceptors (Lipinski definition) is 4. The van der Waals surface area contributed by atoms with Crippen LogP contribution in [0.2, 0.25) is 0 Å². The number of benzene rings is 1. The zero-order valence-corrected chi connectivity index (χ0v) is 16.7. The predicted molar refractivity (Wildman–Crippen MR) is 104 cm³/mol. The van der Waals surface area contributed by atoms with Crippen molar-refractivity contribution in [3.8, 4) is 5.75 Å². The molecule has 0 saturated carbocycles. The number of thiophene rings is 1. The van der Waals surface area contributed by atoms with Crippen molar-refractivity contribution in [3.05, 3.63) is 45.8 Å². The number of amides is 1. The molecule has 0 bridgehead atoms. The quantitative estimate of drug-likeness (QED) is 0.787. The van der Waals surface area contributed by atoms with E-state index >= 15 is 0 Å². The highest BCUT2D eigenvalue weighted by atomic mass is 32.1. The predicted octanol–water partition coefficient (Wildman–Crippen LogP) is 4.59. The van der Waals surface area contributed by atoms with Gasteiger partial charge in [-0.1, -0.05) is 0 Å². The molecule has 0 fully saturated rings. The molecule has 0 aliphatic carbocycles. The Morgan fingerprint density at radius 3 is 2.36 bits per heavy atom. The van der Waals surface area contributed by atoms with E-state index in [4.69, 9.17) is 4.74 Å². The second-order valence-corrected chi connectivity index (χ2v) is 8.74. The van der Waals surface area contributed by atoms with Gasteiger partial charge in [-0.3, -0.25) is 14.6 Å². The van der Waals surface area contributed by atoms with Crippen molar-refractivity contribution < 1.29 is 9.53 Å². The van der Waals surface area contributed by atoms with Crippen molar-refractivity contribution in [2.75, 3.05) is 18.7 Å². The van der Waals surface area contributed by atoms with Gasteiger partial charge in [0.25, 0.3) is 5.91 Å². The molecule has 5 heteroatoms. The number of methoxy groups -OCH3 is 1. The summed E-state index contributed by atoms with van der Waals surface area (Å²) in [5.74, 6) is 0.800. The first kappa shape index (κ1) is 18.0. The molecule has 0 atom stereocenters. The number of carbonyl (C=O) groups excluding carboxylic acids is 1. The van der Waals surface area contributed by atoms with Crippen LogP contribution >= 0.6 is 11.3 Å². The Labute approximate surface area is 154 Å². The molecular weight excluding hydrogens is 332 g/mol. The first-order valence-electron chi connectivity index (χ1n) is 8.52. The summed E-state index contributed by atoms with van der Waals surface area (Å²) in [6.07, 6.45) is 0. The Balaban J connectivity index is 2.01. The molecule has 1 aromatic heterocycles. The second kappa shape index (κ2) is 6.46. The summed E-state index contributed by atoms with van der Waals surface area (Å²) in [6, 6.07) is 7.35. The SMILES string of the molecule is COc1ccc(C(=O)N2CN(C(C)(C)C)Cc3c2sc(C)c3C)cc1. The molecular formula is C20H26N2O2S. The third-order valence-electron chi connectivity index (χ3n) is 4.93. The van der Waals surface area contributed by atoms with Crippen molar-refractivity contribution in [1.82, 2.24) is 4.90 Å². The lowest BCUT2D eigenvalue weighted by Crippen LogP contribution is -2.52.